The molecule has 0 atom stereocenters. The van der Waals surface area contributed by atoms with Crippen molar-refractivity contribution in [1.29, 1.82) is 0 Å². The van der Waals surface area contributed by atoms with Crippen molar-refractivity contribution < 1.29 is 23.7 Å². The number of methoxy groups -OCH3 is 1. The van der Waals surface area contributed by atoms with Crippen molar-refractivity contribution in [3.8, 4) is 23.0 Å². The molecular weight excluding hydrogens is 540 g/mol. The van der Waals surface area contributed by atoms with Gasteiger partial charge >= 0.3 is 0 Å². The van der Waals surface area contributed by atoms with Crippen LogP contribution in [0, 0.1) is 11.3 Å². The molecule has 41 heavy (non-hydrogen) atoms. The Morgan fingerprint density at radius 2 is 2.02 bits per heavy atom. The van der Waals surface area contributed by atoms with Crippen LogP contribution in [-0.4, -0.2) is 62.2 Å². The fourth-order valence-corrected chi connectivity index (χ4v) is 6.35. The first-order chi connectivity index (χ1) is 20.0. The van der Waals surface area contributed by atoms with Crippen molar-refractivity contribution in [2.75, 3.05) is 46.6 Å². The zero-order valence-electron chi connectivity index (χ0n) is 23.8. The van der Waals surface area contributed by atoms with Crippen LogP contribution in [0.15, 0.2) is 42.6 Å². The van der Waals surface area contributed by atoms with Crippen molar-refractivity contribution in [3.05, 3.63) is 53.2 Å². The summed E-state index contributed by atoms with van der Waals surface area (Å²) in [7, 11) is 1.64. The molecule has 3 aromatic rings. The van der Waals surface area contributed by atoms with Crippen LogP contribution in [0.3, 0.4) is 0 Å². The maximum atomic E-state index is 12.5. The molecule has 218 valence electrons. The summed E-state index contributed by atoms with van der Waals surface area (Å²) < 4.78 is 23.5. The van der Waals surface area contributed by atoms with Gasteiger partial charge in [-0.2, -0.15) is 0 Å². The van der Waals surface area contributed by atoms with E-state index in [4.69, 9.17) is 30.5 Å². The number of nitrogens with zero attached hydrogens (tertiary/aromatic N) is 2. The Hall–Kier alpha value is -2.87. The highest BCUT2D eigenvalue weighted by atomic mass is 35.5. The van der Waals surface area contributed by atoms with E-state index in [-0.39, 0.29) is 5.78 Å². The summed E-state index contributed by atoms with van der Waals surface area (Å²) in [5.74, 6) is 3.52. The summed E-state index contributed by atoms with van der Waals surface area (Å²) in [6.07, 6.45) is 9.71. The molecular formula is C33H39ClN2O5. The van der Waals surface area contributed by atoms with Gasteiger partial charge in [0.2, 0.25) is 0 Å². The summed E-state index contributed by atoms with van der Waals surface area (Å²) in [5, 5.41) is 1.35. The first kappa shape index (κ1) is 28.3. The minimum absolute atomic E-state index is 0.242. The van der Waals surface area contributed by atoms with Crippen LogP contribution in [0.1, 0.15) is 50.5 Å². The molecule has 0 unspecified atom stereocenters. The summed E-state index contributed by atoms with van der Waals surface area (Å²) in [4.78, 5) is 19.5. The van der Waals surface area contributed by atoms with Crippen molar-refractivity contribution in [1.82, 2.24) is 9.88 Å². The molecule has 3 heterocycles. The van der Waals surface area contributed by atoms with Gasteiger partial charge in [0, 0.05) is 54.0 Å². The number of hydrogen-bond acceptors (Lipinski definition) is 7. The Kier molecular flexibility index (Phi) is 8.65. The molecule has 7 nitrogen and oxygen atoms in total. The molecule has 1 saturated carbocycles. The monoisotopic (exact) mass is 578 g/mol. The number of aromatic nitrogens is 1. The van der Waals surface area contributed by atoms with E-state index in [1.807, 2.05) is 30.3 Å². The standard InChI is InChI=1S/C33H39ClN2O5/c1-38-31-18-27-29(19-32(31)40-15-3-13-36-14-11-33(20-36)21-39-22-33)35-12-10-30(27)41-26-9-7-24(28(34)17-26)16-25(37)8-6-23-4-2-5-23/h7,9-10,12,17-19,23H,2-6,8,11,13-16,20-22H2,1H3. The predicted octanol–water partition coefficient (Wildman–Crippen LogP) is 6.87. The highest BCUT2D eigenvalue weighted by Gasteiger charge is 2.43. The van der Waals surface area contributed by atoms with E-state index < -0.39 is 0 Å². The average molecular weight is 579 g/mol. The van der Waals surface area contributed by atoms with Gasteiger partial charge in [-0.25, -0.2) is 0 Å². The highest BCUT2D eigenvalue weighted by molar-refractivity contribution is 6.31. The molecule has 0 radical (unpaired) electrons. The number of ether oxygens (including phenoxy) is 4. The molecule has 3 fully saturated rings. The van der Waals surface area contributed by atoms with E-state index >= 15 is 0 Å². The second-order valence-corrected chi connectivity index (χ2v) is 12.4. The SMILES string of the molecule is COc1cc2c(Oc3ccc(CC(=O)CCC4CCC4)c(Cl)c3)ccnc2cc1OCCCN1CCC2(COC2)C1. The van der Waals surface area contributed by atoms with Gasteiger partial charge in [0.1, 0.15) is 17.3 Å². The number of halogens is 1. The van der Waals surface area contributed by atoms with Gasteiger partial charge in [-0.3, -0.25) is 9.78 Å². The van der Waals surface area contributed by atoms with E-state index in [0.717, 1.165) is 68.1 Å². The minimum atomic E-state index is 0.242. The van der Waals surface area contributed by atoms with Crippen LogP contribution in [0.4, 0.5) is 0 Å². The summed E-state index contributed by atoms with van der Waals surface area (Å²) in [6.45, 7) is 5.71. The third-order valence-electron chi connectivity index (χ3n) is 8.89. The summed E-state index contributed by atoms with van der Waals surface area (Å²) in [6, 6.07) is 11.2. The topological polar surface area (TPSA) is 70.1 Å². The number of Topliss-reactive ketones (excluding diaryl/α,β-unsaturated/α-hetero) is 1. The highest BCUT2D eigenvalue weighted by Crippen LogP contribution is 2.39. The van der Waals surface area contributed by atoms with Gasteiger partial charge < -0.3 is 23.8 Å². The van der Waals surface area contributed by atoms with E-state index in [0.29, 0.717) is 52.9 Å². The minimum Gasteiger partial charge on any atom is -0.493 e. The average Bonchev–Trinajstić information content (AvgIpc) is 3.37. The lowest BCUT2D eigenvalue weighted by molar-refractivity contribution is -0.118. The lowest BCUT2D eigenvalue weighted by atomic mass is 9.81. The molecule has 1 spiro atoms. The van der Waals surface area contributed by atoms with Crippen LogP contribution < -0.4 is 14.2 Å². The maximum absolute atomic E-state index is 12.5. The molecule has 3 aliphatic rings. The molecule has 2 aliphatic heterocycles. The van der Waals surface area contributed by atoms with Crippen molar-refractivity contribution in [3.63, 3.8) is 0 Å². The molecule has 1 aliphatic carbocycles. The molecule has 0 amide bonds. The van der Waals surface area contributed by atoms with Gasteiger partial charge in [-0.05, 0) is 61.6 Å². The maximum Gasteiger partial charge on any atom is 0.163 e. The molecule has 6 rings (SSSR count). The smallest absolute Gasteiger partial charge is 0.163 e. The van der Waals surface area contributed by atoms with E-state index in [2.05, 4.69) is 9.88 Å². The lowest BCUT2D eigenvalue weighted by Crippen LogP contribution is -2.44. The van der Waals surface area contributed by atoms with Crippen LogP contribution in [0.25, 0.3) is 10.9 Å². The number of hydrogen-bond donors (Lipinski definition) is 0. The number of fused-ring (bicyclic) bond motifs is 1. The molecule has 0 bridgehead atoms. The first-order valence-electron chi connectivity index (χ1n) is 14.9. The number of carbonyl (C=O) groups is 1. The summed E-state index contributed by atoms with van der Waals surface area (Å²) in [5.41, 5.74) is 2.00. The molecule has 2 saturated heterocycles. The van der Waals surface area contributed by atoms with Crippen molar-refractivity contribution >= 4 is 28.3 Å². The number of carbonyl (C=O) groups excluding carboxylic acids is 1. The molecule has 1 aromatic heterocycles. The zero-order valence-corrected chi connectivity index (χ0v) is 24.6. The van der Waals surface area contributed by atoms with Gasteiger partial charge in [0.25, 0.3) is 0 Å². The van der Waals surface area contributed by atoms with Gasteiger partial charge in [0.15, 0.2) is 11.5 Å². The van der Waals surface area contributed by atoms with Crippen LogP contribution in [0.2, 0.25) is 5.02 Å². The number of pyridine rings is 1. The normalized spacial score (nSPS) is 18.3. The second-order valence-electron chi connectivity index (χ2n) is 12.0. The fourth-order valence-electron chi connectivity index (χ4n) is 6.11. The number of ketones is 1. The summed E-state index contributed by atoms with van der Waals surface area (Å²) >= 11 is 6.56. The Balaban J connectivity index is 1.07. The Bertz CT molecular complexity index is 1390. The lowest BCUT2D eigenvalue weighted by Gasteiger charge is -2.37. The van der Waals surface area contributed by atoms with Crippen LogP contribution >= 0.6 is 11.6 Å². The van der Waals surface area contributed by atoms with E-state index in [1.54, 1.807) is 19.4 Å². The van der Waals surface area contributed by atoms with Crippen LogP contribution in [-0.2, 0) is 16.0 Å². The van der Waals surface area contributed by atoms with Gasteiger partial charge in [-0.15, -0.1) is 0 Å². The van der Waals surface area contributed by atoms with E-state index in [9.17, 15) is 4.79 Å². The first-order valence-corrected chi connectivity index (χ1v) is 15.3. The Morgan fingerprint density at radius 3 is 2.73 bits per heavy atom. The number of likely N-dealkylation sites (tertiary alicyclic amines) is 1. The largest absolute Gasteiger partial charge is 0.493 e. The zero-order chi connectivity index (χ0) is 28.2. The number of rotatable bonds is 13. The Labute approximate surface area is 247 Å². The van der Waals surface area contributed by atoms with Crippen LogP contribution in [0.5, 0.6) is 23.0 Å². The predicted molar refractivity (Wildman–Crippen MR) is 160 cm³/mol. The quantitative estimate of drug-likeness (QED) is 0.205. The molecule has 0 N–H and O–H groups in total. The van der Waals surface area contributed by atoms with Gasteiger partial charge in [-0.1, -0.05) is 36.9 Å². The third-order valence-corrected chi connectivity index (χ3v) is 9.25. The fraction of sp³-hybridized carbons (Fsp3) is 0.515. The van der Waals surface area contributed by atoms with Gasteiger partial charge in [0.05, 0.1) is 32.4 Å². The Morgan fingerprint density at radius 1 is 1.15 bits per heavy atom. The third kappa shape index (κ3) is 6.63. The second kappa shape index (κ2) is 12.6. The molecule has 8 heteroatoms. The van der Waals surface area contributed by atoms with Crippen molar-refractivity contribution in [2.45, 2.75) is 51.4 Å². The molecule has 2 aromatic carbocycles. The van der Waals surface area contributed by atoms with Crippen molar-refractivity contribution in [2.24, 2.45) is 11.3 Å². The van der Waals surface area contributed by atoms with E-state index in [1.165, 1.54) is 25.7 Å². The number of benzene rings is 2.